The minimum absolute atomic E-state index is 0.00143. The molecule has 0 aliphatic heterocycles. The number of aromatic nitrogens is 4. The van der Waals surface area contributed by atoms with Crippen molar-refractivity contribution in [2.45, 2.75) is 19.5 Å². The molecule has 200 valence electrons. The molecule has 2 N–H and O–H groups in total. The van der Waals surface area contributed by atoms with Crippen LogP contribution in [0.3, 0.4) is 0 Å². The Labute approximate surface area is 224 Å². The molecule has 1 saturated carbocycles. The van der Waals surface area contributed by atoms with Crippen molar-refractivity contribution in [2.75, 3.05) is 5.32 Å². The van der Waals surface area contributed by atoms with E-state index < -0.39 is 34.9 Å². The molecule has 0 bridgehead atoms. The fraction of sp³-hybridized carbons (Fsp3) is 0.192. The quantitative estimate of drug-likeness (QED) is 0.317. The summed E-state index contributed by atoms with van der Waals surface area (Å²) >= 11 is 5.97. The summed E-state index contributed by atoms with van der Waals surface area (Å²) in [7, 11) is 0. The number of carboxylic acids is 1. The zero-order valence-electron chi connectivity index (χ0n) is 20.1. The fourth-order valence-electron chi connectivity index (χ4n) is 4.01. The van der Waals surface area contributed by atoms with E-state index in [1.54, 1.807) is 24.3 Å². The topological polar surface area (TPSA) is 128 Å². The van der Waals surface area contributed by atoms with Gasteiger partial charge in [-0.1, -0.05) is 23.7 Å². The van der Waals surface area contributed by atoms with Gasteiger partial charge in [-0.2, -0.15) is 4.98 Å². The van der Waals surface area contributed by atoms with Gasteiger partial charge < -0.3 is 15.2 Å². The van der Waals surface area contributed by atoms with Crippen LogP contribution in [-0.2, 0) is 17.9 Å². The summed E-state index contributed by atoms with van der Waals surface area (Å²) < 4.78 is 35.3. The van der Waals surface area contributed by atoms with Crippen LogP contribution in [0.4, 0.5) is 20.4 Å². The monoisotopic (exact) mass is 555 g/mol. The Morgan fingerprint density at radius 1 is 1.10 bits per heavy atom. The van der Waals surface area contributed by atoms with Crippen molar-refractivity contribution in [1.82, 2.24) is 19.1 Å². The summed E-state index contributed by atoms with van der Waals surface area (Å²) in [6.45, 7) is -0.0842. The Kier molecular flexibility index (Phi) is 7.11. The normalized spacial score (nSPS) is 16.1. The van der Waals surface area contributed by atoms with Crippen LogP contribution >= 0.6 is 11.6 Å². The lowest BCUT2D eigenvalue weighted by Crippen LogP contribution is -2.43. The first-order valence-corrected chi connectivity index (χ1v) is 12.1. The molecule has 5 rings (SSSR count). The van der Waals surface area contributed by atoms with E-state index in [9.17, 15) is 28.3 Å². The molecule has 1 aliphatic rings. The summed E-state index contributed by atoms with van der Waals surface area (Å²) in [5, 5.41) is 12.5. The van der Waals surface area contributed by atoms with E-state index in [1.165, 1.54) is 22.8 Å². The van der Waals surface area contributed by atoms with Crippen molar-refractivity contribution < 1.29 is 23.4 Å². The molecule has 0 unspecified atom stereocenters. The van der Waals surface area contributed by atoms with Crippen LogP contribution in [0.5, 0.6) is 11.6 Å². The number of nitrogens with one attached hydrogen (secondary N) is 1. The smallest absolute Gasteiger partial charge is 0.354 e. The molecule has 0 radical (unpaired) electrons. The van der Waals surface area contributed by atoms with Crippen LogP contribution in [0.2, 0.25) is 5.02 Å². The van der Waals surface area contributed by atoms with Crippen molar-refractivity contribution in [1.29, 1.82) is 0 Å². The minimum atomic E-state index is -0.981. The first-order valence-electron chi connectivity index (χ1n) is 11.7. The second kappa shape index (κ2) is 10.7. The van der Waals surface area contributed by atoms with E-state index in [-0.39, 0.29) is 42.3 Å². The van der Waals surface area contributed by atoms with Gasteiger partial charge in [0.1, 0.15) is 5.82 Å². The second-order valence-electron chi connectivity index (χ2n) is 8.95. The van der Waals surface area contributed by atoms with Gasteiger partial charge in [0.05, 0.1) is 18.7 Å². The number of carbonyl (C=O) groups is 1. The molecule has 1 aliphatic carbocycles. The predicted octanol–water partition coefficient (Wildman–Crippen LogP) is 4.04. The highest BCUT2D eigenvalue weighted by Crippen LogP contribution is 2.39. The van der Waals surface area contributed by atoms with Crippen LogP contribution in [0.15, 0.2) is 70.4 Å². The minimum Gasteiger partial charge on any atom is -0.481 e. The van der Waals surface area contributed by atoms with Crippen LogP contribution in [-0.4, -0.2) is 30.2 Å². The second-order valence-corrected chi connectivity index (χ2v) is 9.39. The summed E-state index contributed by atoms with van der Waals surface area (Å²) in [6.07, 6.45) is 1.29. The molecular weight excluding hydrogens is 536 g/mol. The Bertz CT molecular complexity index is 1660. The molecule has 13 heteroatoms. The lowest BCUT2D eigenvalue weighted by Gasteiger charge is -2.16. The Hall–Kier alpha value is -4.58. The molecule has 2 aromatic heterocycles. The largest absolute Gasteiger partial charge is 0.481 e. The van der Waals surface area contributed by atoms with E-state index in [1.807, 2.05) is 0 Å². The van der Waals surface area contributed by atoms with Crippen LogP contribution < -0.4 is 21.4 Å². The highest BCUT2D eigenvalue weighted by atomic mass is 35.5. The number of carboxylic acid groups (broad SMARTS) is 1. The molecular formula is C26H20ClF2N5O5. The maximum atomic E-state index is 14.8. The van der Waals surface area contributed by atoms with Crippen LogP contribution in [0.1, 0.15) is 12.0 Å². The van der Waals surface area contributed by atoms with Gasteiger partial charge in [-0.3, -0.25) is 9.36 Å². The molecule has 10 nitrogen and oxygen atoms in total. The maximum Gasteiger partial charge on any atom is 0.354 e. The van der Waals surface area contributed by atoms with Crippen molar-refractivity contribution in [3.63, 3.8) is 0 Å². The van der Waals surface area contributed by atoms with Gasteiger partial charge in [-0.05, 0) is 48.2 Å². The van der Waals surface area contributed by atoms with Crippen molar-refractivity contribution in [3.05, 3.63) is 104 Å². The lowest BCUT2D eigenvalue weighted by molar-refractivity contribution is -0.138. The summed E-state index contributed by atoms with van der Waals surface area (Å²) in [6, 6.07) is 12.9. The third kappa shape index (κ3) is 5.96. The summed E-state index contributed by atoms with van der Waals surface area (Å²) in [5.74, 6) is -3.65. The number of halogens is 3. The van der Waals surface area contributed by atoms with Crippen molar-refractivity contribution >= 4 is 29.2 Å². The molecule has 2 aromatic carbocycles. The first-order chi connectivity index (χ1) is 18.7. The number of pyridine rings is 1. The van der Waals surface area contributed by atoms with Crippen molar-refractivity contribution in [2.24, 2.45) is 11.8 Å². The van der Waals surface area contributed by atoms with E-state index in [4.69, 9.17) is 16.3 Å². The summed E-state index contributed by atoms with van der Waals surface area (Å²) in [5.41, 5.74) is -0.734. The van der Waals surface area contributed by atoms with Gasteiger partial charge in [-0.15, -0.1) is 0 Å². The van der Waals surface area contributed by atoms with Gasteiger partial charge in [-0.25, -0.2) is 27.9 Å². The van der Waals surface area contributed by atoms with E-state index in [0.717, 1.165) is 22.9 Å². The average molecular weight is 556 g/mol. The third-order valence-corrected chi connectivity index (χ3v) is 6.42. The number of anilines is 2. The number of benzene rings is 2. The van der Waals surface area contributed by atoms with Gasteiger partial charge in [0, 0.05) is 29.4 Å². The molecule has 0 spiro atoms. The molecule has 0 amide bonds. The zero-order valence-corrected chi connectivity index (χ0v) is 20.8. The van der Waals surface area contributed by atoms with Gasteiger partial charge in [0.2, 0.25) is 11.8 Å². The average Bonchev–Trinajstić information content (AvgIpc) is 3.68. The Balaban J connectivity index is 1.45. The summed E-state index contributed by atoms with van der Waals surface area (Å²) in [4.78, 5) is 45.2. The number of hydrogen-bond donors (Lipinski definition) is 2. The Morgan fingerprint density at radius 2 is 1.87 bits per heavy atom. The first kappa shape index (κ1) is 26.0. The van der Waals surface area contributed by atoms with Gasteiger partial charge in [0.15, 0.2) is 11.6 Å². The van der Waals surface area contributed by atoms with Crippen LogP contribution in [0, 0.1) is 23.5 Å². The van der Waals surface area contributed by atoms with Crippen LogP contribution in [0.25, 0.3) is 0 Å². The molecule has 2 heterocycles. The van der Waals surface area contributed by atoms with Crippen molar-refractivity contribution in [3.8, 4) is 11.6 Å². The highest BCUT2D eigenvalue weighted by Gasteiger charge is 2.43. The molecule has 1 fully saturated rings. The molecule has 0 saturated heterocycles. The number of ether oxygens (including phenoxy) is 1. The number of aliphatic carboxylic acids is 1. The number of nitrogens with zero attached hydrogens (tertiary/aromatic N) is 4. The highest BCUT2D eigenvalue weighted by molar-refractivity contribution is 6.30. The van der Waals surface area contributed by atoms with E-state index >= 15 is 0 Å². The van der Waals surface area contributed by atoms with Gasteiger partial charge in [0.25, 0.3) is 0 Å². The molecule has 39 heavy (non-hydrogen) atoms. The predicted molar refractivity (Wildman–Crippen MR) is 136 cm³/mol. The van der Waals surface area contributed by atoms with E-state index in [2.05, 4.69) is 15.3 Å². The number of rotatable bonds is 9. The van der Waals surface area contributed by atoms with Gasteiger partial charge >= 0.3 is 17.3 Å². The molecule has 4 aromatic rings. The van der Waals surface area contributed by atoms with E-state index in [0.29, 0.717) is 17.0 Å². The Morgan fingerprint density at radius 3 is 2.51 bits per heavy atom. The zero-order chi connectivity index (χ0) is 27.7. The maximum absolute atomic E-state index is 14.8. The number of hydrogen-bond acceptors (Lipinski definition) is 7. The molecule has 2 atom stereocenters. The third-order valence-electron chi connectivity index (χ3n) is 6.16. The lowest BCUT2D eigenvalue weighted by atomic mass is 10.2. The standard InChI is InChI=1S/C26H20ClF2N5O5/c27-16-3-1-14(2-4-16)12-33-24(32-25(37)34(26(33)38)13-15-9-19(15)23(35)36)31-18-6-7-21(20(29)10-18)39-22-8-5-17(28)11-30-22/h1-8,10-11,15,19H,9,12-13H2,(H,35,36)(H,31,32,37)/t15-,19+/m0/s1. The SMILES string of the molecule is O=C(O)[C@@H]1C[C@H]1Cn1c(=O)nc(Nc2ccc(Oc3ccc(F)cn3)c(F)c2)n(Cc2ccc(Cl)cc2)c1=O. The fourth-order valence-corrected chi connectivity index (χ4v) is 4.13.